The Balaban J connectivity index is 1.95. The topological polar surface area (TPSA) is 52.6 Å². The molecule has 1 rings (SSSR count). The molecule has 0 bridgehead atoms. The van der Waals surface area contributed by atoms with E-state index in [4.69, 9.17) is 21.1 Å². The van der Waals surface area contributed by atoms with Gasteiger partial charge >= 0.3 is 11.9 Å². The third kappa shape index (κ3) is 11.9. The number of carbonyl (C=O) groups excluding carboxylic acids is 2. The van der Waals surface area contributed by atoms with Crippen molar-refractivity contribution in [2.75, 3.05) is 6.61 Å². The second-order valence-corrected chi connectivity index (χ2v) is 6.92. The maximum absolute atomic E-state index is 11.7. The number of hydrogen-bond acceptors (Lipinski definition) is 4. The zero-order valence-electron chi connectivity index (χ0n) is 15.8. The first kappa shape index (κ1) is 22.5. The predicted molar refractivity (Wildman–Crippen MR) is 104 cm³/mol. The van der Waals surface area contributed by atoms with Gasteiger partial charge in [0.15, 0.2) is 0 Å². The summed E-state index contributed by atoms with van der Waals surface area (Å²) in [6.07, 6.45) is 8.84. The van der Waals surface area contributed by atoms with Gasteiger partial charge in [0.1, 0.15) is 6.61 Å². The number of unbranched alkanes of at least 4 members (excludes halogenated alkanes) is 6. The van der Waals surface area contributed by atoms with Crippen molar-refractivity contribution >= 4 is 23.5 Å². The molecule has 1 aromatic carbocycles. The molecule has 0 amide bonds. The van der Waals surface area contributed by atoms with Gasteiger partial charge in [-0.3, -0.25) is 9.59 Å². The molecule has 0 aliphatic carbocycles. The fourth-order valence-electron chi connectivity index (χ4n) is 2.50. The molecular weight excluding hydrogens is 352 g/mol. The molecule has 0 aliphatic rings. The Morgan fingerprint density at radius 3 is 2.04 bits per heavy atom. The lowest BCUT2D eigenvalue weighted by molar-refractivity contribution is -0.145. The summed E-state index contributed by atoms with van der Waals surface area (Å²) in [6.45, 7) is 2.97. The van der Waals surface area contributed by atoms with Crippen LogP contribution in [0.15, 0.2) is 24.3 Å². The Morgan fingerprint density at radius 2 is 1.38 bits per heavy atom. The predicted octanol–water partition coefficient (Wildman–Crippen LogP) is 5.85. The van der Waals surface area contributed by atoms with Crippen molar-refractivity contribution in [1.82, 2.24) is 0 Å². The minimum atomic E-state index is -0.213. The molecule has 0 N–H and O–H groups in total. The average Bonchev–Trinajstić information content (AvgIpc) is 2.64. The molecule has 4 nitrogen and oxygen atoms in total. The molecular formula is C21H31ClO4. The van der Waals surface area contributed by atoms with Gasteiger partial charge in [0.2, 0.25) is 0 Å². The normalized spacial score (nSPS) is 10.5. The van der Waals surface area contributed by atoms with Crippen LogP contribution in [0.4, 0.5) is 0 Å². The zero-order valence-corrected chi connectivity index (χ0v) is 16.6. The number of ether oxygens (including phenoxy) is 2. The largest absolute Gasteiger partial charge is 0.466 e. The van der Waals surface area contributed by atoms with Crippen molar-refractivity contribution < 1.29 is 19.1 Å². The lowest BCUT2D eigenvalue weighted by Crippen LogP contribution is -2.06. The van der Waals surface area contributed by atoms with Crippen LogP contribution >= 0.6 is 11.6 Å². The number of rotatable bonds is 14. The number of halogens is 1. The van der Waals surface area contributed by atoms with Crippen LogP contribution in [0, 0.1) is 0 Å². The Morgan fingerprint density at radius 1 is 0.808 bits per heavy atom. The zero-order chi connectivity index (χ0) is 19.0. The van der Waals surface area contributed by atoms with Crippen LogP contribution in [0.3, 0.4) is 0 Å². The van der Waals surface area contributed by atoms with E-state index in [9.17, 15) is 9.59 Å². The average molecular weight is 383 g/mol. The minimum absolute atomic E-state index is 0.134. The first-order valence-corrected chi connectivity index (χ1v) is 10.0. The molecule has 0 heterocycles. The van der Waals surface area contributed by atoms with E-state index in [0.717, 1.165) is 37.7 Å². The molecule has 146 valence electrons. The van der Waals surface area contributed by atoms with Gasteiger partial charge in [-0.25, -0.2) is 0 Å². The third-order valence-corrected chi connectivity index (χ3v) is 4.34. The van der Waals surface area contributed by atoms with Crippen molar-refractivity contribution in [3.05, 3.63) is 34.9 Å². The second kappa shape index (κ2) is 14.6. The molecule has 0 aliphatic heterocycles. The Bertz CT molecular complexity index is 513. The summed E-state index contributed by atoms with van der Waals surface area (Å²) in [5.74, 6) is -0.347. The van der Waals surface area contributed by atoms with Crippen molar-refractivity contribution in [1.29, 1.82) is 0 Å². The molecule has 0 radical (unpaired) electrons. The Labute approximate surface area is 162 Å². The fourth-order valence-corrected chi connectivity index (χ4v) is 2.62. The Hall–Kier alpha value is -1.55. The van der Waals surface area contributed by atoms with Crippen LogP contribution in [-0.4, -0.2) is 18.5 Å². The van der Waals surface area contributed by atoms with Crippen LogP contribution in [0.1, 0.15) is 76.7 Å². The molecule has 0 fully saturated rings. The first-order valence-electron chi connectivity index (χ1n) is 9.67. The lowest BCUT2D eigenvalue weighted by atomic mass is 10.1. The van der Waals surface area contributed by atoms with Gasteiger partial charge in [-0.15, -0.1) is 0 Å². The summed E-state index contributed by atoms with van der Waals surface area (Å²) in [7, 11) is 0. The van der Waals surface area contributed by atoms with E-state index >= 15 is 0 Å². The molecule has 0 atom stereocenters. The van der Waals surface area contributed by atoms with Crippen LogP contribution in [0.25, 0.3) is 0 Å². The highest BCUT2D eigenvalue weighted by atomic mass is 35.5. The highest BCUT2D eigenvalue weighted by Gasteiger charge is 2.06. The van der Waals surface area contributed by atoms with E-state index in [1.807, 2.05) is 12.1 Å². The van der Waals surface area contributed by atoms with E-state index < -0.39 is 0 Å². The summed E-state index contributed by atoms with van der Waals surface area (Å²) in [6, 6.07) is 7.22. The van der Waals surface area contributed by atoms with Gasteiger partial charge in [0, 0.05) is 17.9 Å². The van der Waals surface area contributed by atoms with Crippen LogP contribution in [-0.2, 0) is 25.7 Å². The molecule has 0 unspecified atom stereocenters. The first-order chi connectivity index (χ1) is 12.6. The van der Waals surface area contributed by atoms with Crippen molar-refractivity contribution in [3.8, 4) is 0 Å². The van der Waals surface area contributed by atoms with Gasteiger partial charge < -0.3 is 9.47 Å². The van der Waals surface area contributed by atoms with Gasteiger partial charge in [-0.1, -0.05) is 62.8 Å². The van der Waals surface area contributed by atoms with Gasteiger partial charge in [0.05, 0.1) is 6.61 Å². The minimum Gasteiger partial charge on any atom is -0.466 e. The summed E-state index contributed by atoms with van der Waals surface area (Å²) in [5, 5.41) is 0.662. The number of hydrogen-bond donors (Lipinski definition) is 0. The molecule has 0 saturated carbocycles. The maximum atomic E-state index is 11.7. The molecule has 5 heteroatoms. The SMILES string of the molecule is CCCCCCCOC(=O)CCCCCC(=O)OCc1ccc(Cl)cc1. The van der Waals surface area contributed by atoms with E-state index in [1.165, 1.54) is 19.3 Å². The monoisotopic (exact) mass is 382 g/mol. The lowest BCUT2D eigenvalue weighted by Gasteiger charge is -2.06. The van der Waals surface area contributed by atoms with Gasteiger partial charge in [-0.05, 0) is 37.0 Å². The van der Waals surface area contributed by atoms with Crippen molar-refractivity contribution in [2.45, 2.75) is 77.7 Å². The summed E-state index contributed by atoms with van der Waals surface area (Å²) < 4.78 is 10.4. The highest BCUT2D eigenvalue weighted by Crippen LogP contribution is 2.11. The highest BCUT2D eigenvalue weighted by molar-refractivity contribution is 6.30. The molecule has 1 aromatic rings. The quantitative estimate of drug-likeness (QED) is 0.299. The smallest absolute Gasteiger partial charge is 0.306 e. The fraction of sp³-hybridized carbons (Fsp3) is 0.619. The van der Waals surface area contributed by atoms with E-state index in [-0.39, 0.29) is 18.5 Å². The van der Waals surface area contributed by atoms with Crippen LogP contribution in [0.5, 0.6) is 0 Å². The Kier molecular flexibility index (Phi) is 12.6. The second-order valence-electron chi connectivity index (χ2n) is 6.48. The van der Waals surface area contributed by atoms with E-state index in [2.05, 4.69) is 6.92 Å². The van der Waals surface area contributed by atoms with Gasteiger partial charge in [0.25, 0.3) is 0 Å². The molecule has 26 heavy (non-hydrogen) atoms. The summed E-state index contributed by atoms with van der Waals surface area (Å²) in [4.78, 5) is 23.3. The summed E-state index contributed by atoms with van der Waals surface area (Å²) in [5.41, 5.74) is 0.917. The molecule has 0 spiro atoms. The summed E-state index contributed by atoms with van der Waals surface area (Å²) >= 11 is 5.81. The van der Waals surface area contributed by atoms with E-state index in [0.29, 0.717) is 24.5 Å². The van der Waals surface area contributed by atoms with E-state index in [1.54, 1.807) is 12.1 Å². The van der Waals surface area contributed by atoms with Gasteiger partial charge in [-0.2, -0.15) is 0 Å². The van der Waals surface area contributed by atoms with Crippen LogP contribution in [0.2, 0.25) is 5.02 Å². The van der Waals surface area contributed by atoms with Crippen molar-refractivity contribution in [2.24, 2.45) is 0 Å². The number of carbonyl (C=O) groups is 2. The number of benzene rings is 1. The standard InChI is InChI=1S/C21H31ClO4/c1-2-3-4-5-9-16-25-20(23)10-7-6-8-11-21(24)26-17-18-12-14-19(22)15-13-18/h12-15H,2-11,16-17H2,1H3. The molecule has 0 aromatic heterocycles. The van der Waals surface area contributed by atoms with Crippen molar-refractivity contribution in [3.63, 3.8) is 0 Å². The van der Waals surface area contributed by atoms with Crippen LogP contribution < -0.4 is 0 Å². The third-order valence-electron chi connectivity index (χ3n) is 4.09. The number of esters is 2. The maximum Gasteiger partial charge on any atom is 0.306 e. The molecule has 0 saturated heterocycles.